The van der Waals surface area contributed by atoms with E-state index in [4.69, 9.17) is 9.84 Å². The second kappa shape index (κ2) is 6.61. The third kappa shape index (κ3) is 3.74. The highest BCUT2D eigenvalue weighted by Gasteiger charge is 2.37. The molecule has 0 saturated heterocycles. The SMILES string of the molecule is COc1ccccc1CCC(=O)N(C1CC1)C(C)C(=O)O. The Morgan fingerprint density at radius 2 is 2.05 bits per heavy atom. The first-order valence-electron chi connectivity index (χ1n) is 7.20. The summed E-state index contributed by atoms with van der Waals surface area (Å²) in [5.74, 6) is -0.291. The van der Waals surface area contributed by atoms with E-state index in [0.29, 0.717) is 12.8 Å². The van der Waals surface area contributed by atoms with Crippen LogP contribution in [0.3, 0.4) is 0 Å². The molecule has 1 N–H and O–H groups in total. The van der Waals surface area contributed by atoms with Crippen molar-refractivity contribution in [2.75, 3.05) is 7.11 Å². The van der Waals surface area contributed by atoms with Crippen LogP contribution in [-0.2, 0) is 16.0 Å². The number of carbonyl (C=O) groups excluding carboxylic acids is 1. The normalized spacial score (nSPS) is 15.3. The standard InChI is InChI=1S/C16H21NO4/c1-11(16(19)20)17(13-8-9-13)15(18)10-7-12-5-3-4-6-14(12)21-2/h3-6,11,13H,7-10H2,1-2H3,(H,19,20). The number of amides is 1. The highest BCUT2D eigenvalue weighted by molar-refractivity contribution is 5.84. The Labute approximate surface area is 124 Å². The maximum Gasteiger partial charge on any atom is 0.326 e. The van der Waals surface area contributed by atoms with Crippen LogP contribution in [-0.4, -0.2) is 41.1 Å². The fraction of sp³-hybridized carbons (Fsp3) is 0.500. The van der Waals surface area contributed by atoms with Gasteiger partial charge in [-0.05, 0) is 37.8 Å². The van der Waals surface area contributed by atoms with Crippen molar-refractivity contribution in [2.45, 2.75) is 44.7 Å². The first-order chi connectivity index (χ1) is 10.0. The van der Waals surface area contributed by atoms with E-state index in [1.165, 1.54) is 4.90 Å². The predicted octanol–water partition coefficient (Wildman–Crippen LogP) is 2.09. The van der Waals surface area contributed by atoms with Crippen molar-refractivity contribution in [3.63, 3.8) is 0 Å². The lowest BCUT2D eigenvalue weighted by Gasteiger charge is -2.26. The number of nitrogens with zero attached hydrogens (tertiary/aromatic N) is 1. The molecule has 1 aromatic carbocycles. The molecule has 114 valence electrons. The number of carboxylic acid groups (broad SMARTS) is 1. The summed E-state index contributed by atoms with van der Waals surface area (Å²) in [6.45, 7) is 1.57. The Morgan fingerprint density at radius 1 is 1.38 bits per heavy atom. The molecule has 1 amide bonds. The van der Waals surface area contributed by atoms with Crippen molar-refractivity contribution < 1.29 is 19.4 Å². The first-order valence-corrected chi connectivity index (χ1v) is 7.20. The molecule has 0 spiro atoms. The molecule has 1 fully saturated rings. The van der Waals surface area contributed by atoms with Gasteiger partial charge in [-0.3, -0.25) is 4.79 Å². The molecule has 1 unspecified atom stereocenters. The molecule has 0 radical (unpaired) electrons. The molecular weight excluding hydrogens is 270 g/mol. The van der Waals surface area contributed by atoms with Crippen LogP contribution in [0.25, 0.3) is 0 Å². The highest BCUT2D eigenvalue weighted by Crippen LogP contribution is 2.30. The number of benzene rings is 1. The van der Waals surface area contributed by atoms with Crippen molar-refractivity contribution in [1.29, 1.82) is 0 Å². The van der Waals surface area contributed by atoms with Crippen LogP contribution >= 0.6 is 0 Å². The van der Waals surface area contributed by atoms with Gasteiger partial charge in [0.05, 0.1) is 7.11 Å². The van der Waals surface area contributed by atoms with Crippen molar-refractivity contribution in [3.8, 4) is 5.75 Å². The Hall–Kier alpha value is -2.04. The molecule has 5 nitrogen and oxygen atoms in total. The van der Waals surface area contributed by atoms with E-state index in [2.05, 4.69) is 0 Å². The third-order valence-electron chi connectivity index (χ3n) is 3.80. The predicted molar refractivity (Wildman–Crippen MR) is 78.3 cm³/mol. The van der Waals surface area contributed by atoms with E-state index in [1.807, 2.05) is 24.3 Å². The second-order valence-corrected chi connectivity index (χ2v) is 5.36. The fourth-order valence-corrected chi connectivity index (χ4v) is 2.49. The van der Waals surface area contributed by atoms with E-state index < -0.39 is 12.0 Å². The lowest BCUT2D eigenvalue weighted by Crippen LogP contribution is -2.44. The summed E-state index contributed by atoms with van der Waals surface area (Å²) >= 11 is 0. The van der Waals surface area contributed by atoms with Gasteiger partial charge in [0.15, 0.2) is 0 Å². The number of hydrogen-bond acceptors (Lipinski definition) is 3. The zero-order valence-electron chi connectivity index (χ0n) is 12.4. The number of methoxy groups -OCH3 is 1. The van der Waals surface area contributed by atoms with Gasteiger partial charge < -0.3 is 14.7 Å². The number of hydrogen-bond donors (Lipinski definition) is 1. The highest BCUT2D eigenvalue weighted by atomic mass is 16.5. The molecule has 0 heterocycles. The van der Waals surface area contributed by atoms with Crippen LogP contribution in [0.2, 0.25) is 0 Å². The minimum Gasteiger partial charge on any atom is -0.496 e. The van der Waals surface area contributed by atoms with Gasteiger partial charge in [-0.1, -0.05) is 18.2 Å². The van der Waals surface area contributed by atoms with Crippen molar-refractivity contribution >= 4 is 11.9 Å². The van der Waals surface area contributed by atoms with Gasteiger partial charge in [-0.2, -0.15) is 0 Å². The Balaban J connectivity index is 2.01. The number of ether oxygens (including phenoxy) is 1. The van der Waals surface area contributed by atoms with E-state index in [1.54, 1.807) is 14.0 Å². The summed E-state index contributed by atoms with van der Waals surface area (Å²) in [6, 6.07) is 6.91. The van der Waals surface area contributed by atoms with Gasteiger partial charge in [0, 0.05) is 12.5 Å². The maximum atomic E-state index is 12.4. The minimum absolute atomic E-state index is 0.0984. The molecule has 21 heavy (non-hydrogen) atoms. The number of carbonyl (C=O) groups is 2. The summed E-state index contributed by atoms with van der Waals surface area (Å²) in [5, 5.41) is 9.13. The quantitative estimate of drug-likeness (QED) is 0.835. The van der Waals surface area contributed by atoms with Crippen molar-refractivity contribution in [2.24, 2.45) is 0 Å². The first kappa shape index (κ1) is 15.4. The van der Waals surface area contributed by atoms with Gasteiger partial charge >= 0.3 is 5.97 Å². The van der Waals surface area contributed by atoms with Crippen LogP contribution in [0.15, 0.2) is 24.3 Å². The van der Waals surface area contributed by atoms with E-state index in [9.17, 15) is 9.59 Å². The molecule has 1 aromatic rings. The molecule has 0 aliphatic heterocycles. The van der Waals surface area contributed by atoms with Crippen LogP contribution in [0, 0.1) is 0 Å². The Morgan fingerprint density at radius 3 is 2.62 bits per heavy atom. The third-order valence-corrected chi connectivity index (χ3v) is 3.80. The Bertz CT molecular complexity index is 525. The summed E-state index contributed by atoms with van der Waals surface area (Å²) in [7, 11) is 1.60. The minimum atomic E-state index is -0.951. The van der Waals surface area contributed by atoms with Crippen molar-refractivity contribution in [1.82, 2.24) is 4.90 Å². The van der Waals surface area contributed by atoms with E-state index in [0.717, 1.165) is 24.2 Å². The largest absolute Gasteiger partial charge is 0.496 e. The zero-order valence-corrected chi connectivity index (χ0v) is 12.4. The van der Waals surface area contributed by atoms with Gasteiger partial charge in [0.25, 0.3) is 0 Å². The fourth-order valence-electron chi connectivity index (χ4n) is 2.49. The van der Waals surface area contributed by atoms with Crippen LogP contribution in [0.1, 0.15) is 31.7 Å². The van der Waals surface area contributed by atoms with Crippen LogP contribution < -0.4 is 4.74 Å². The topological polar surface area (TPSA) is 66.8 Å². The number of para-hydroxylation sites is 1. The summed E-state index contributed by atoms with van der Waals surface area (Å²) in [6.07, 6.45) is 2.66. The number of rotatable bonds is 7. The molecule has 1 atom stereocenters. The summed E-state index contributed by atoms with van der Waals surface area (Å²) < 4.78 is 5.26. The molecule has 2 rings (SSSR count). The molecule has 5 heteroatoms. The van der Waals surface area contributed by atoms with E-state index in [-0.39, 0.29) is 11.9 Å². The smallest absolute Gasteiger partial charge is 0.326 e. The maximum absolute atomic E-state index is 12.4. The summed E-state index contributed by atoms with van der Waals surface area (Å²) in [5.41, 5.74) is 0.965. The lowest BCUT2D eigenvalue weighted by molar-refractivity contribution is -0.150. The number of carboxylic acids is 1. The van der Waals surface area contributed by atoms with Gasteiger partial charge in [-0.15, -0.1) is 0 Å². The zero-order chi connectivity index (χ0) is 15.4. The van der Waals surface area contributed by atoms with Gasteiger partial charge in [-0.25, -0.2) is 4.79 Å². The number of aliphatic carboxylic acids is 1. The molecule has 1 aliphatic rings. The average Bonchev–Trinajstić information content (AvgIpc) is 3.30. The average molecular weight is 291 g/mol. The van der Waals surface area contributed by atoms with Crippen LogP contribution in [0.5, 0.6) is 5.75 Å². The molecule has 1 saturated carbocycles. The molecular formula is C16H21NO4. The molecule has 0 aromatic heterocycles. The van der Waals surface area contributed by atoms with Gasteiger partial charge in [0.2, 0.25) is 5.91 Å². The Kier molecular flexibility index (Phi) is 4.83. The van der Waals surface area contributed by atoms with Crippen LogP contribution in [0.4, 0.5) is 0 Å². The second-order valence-electron chi connectivity index (χ2n) is 5.36. The van der Waals surface area contributed by atoms with Gasteiger partial charge in [0.1, 0.15) is 11.8 Å². The number of aryl methyl sites for hydroxylation is 1. The van der Waals surface area contributed by atoms with Crippen molar-refractivity contribution in [3.05, 3.63) is 29.8 Å². The summed E-state index contributed by atoms with van der Waals surface area (Å²) in [4.78, 5) is 25.0. The lowest BCUT2D eigenvalue weighted by atomic mass is 10.1. The van der Waals surface area contributed by atoms with E-state index >= 15 is 0 Å². The monoisotopic (exact) mass is 291 g/mol. The molecule has 0 bridgehead atoms. The molecule has 1 aliphatic carbocycles.